The molecular weight excluding hydrogens is 388 g/mol. The van der Waals surface area contributed by atoms with E-state index in [1.165, 1.54) is 24.0 Å². The summed E-state index contributed by atoms with van der Waals surface area (Å²) in [6.07, 6.45) is 9.88. The summed E-state index contributed by atoms with van der Waals surface area (Å²) >= 11 is 0. The van der Waals surface area contributed by atoms with Gasteiger partial charge >= 0.3 is 0 Å². The van der Waals surface area contributed by atoms with Gasteiger partial charge in [0.2, 0.25) is 0 Å². The molecule has 1 atom stereocenters. The van der Waals surface area contributed by atoms with Gasteiger partial charge in [-0.05, 0) is 56.1 Å². The second-order valence-electron chi connectivity index (χ2n) is 7.90. The number of likely N-dealkylation sites (tertiary alicyclic amines) is 1. The summed E-state index contributed by atoms with van der Waals surface area (Å²) in [4.78, 5) is 11.4. The summed E-state index contributed by atoms with van der Waals surface area (Å²) < 4.78 is 7.80. The normalized spacial score (nSPS) is 15.8. The molecular formula is C24H32N6O. The van der Waals surface area contributed by atoms with Crippen LogP contribution in [0.15, 0.2) is 70.8 Å². The molecule has 164 valence electrons. The van der Waals surface area contributed by atoms with E-state index in [1.54, 1.807) is 12.5 Å². The number of guanidine groups is 1. The Bertz CT molecular complexity index is 912. The second-order valence-corrected chi connectivity index (χ2v) is 7.90. The van der Waals surface area contributed by atoms with Gasteiger partial charge in [-0.3, -0.25) is 4.90 Å². The maximum atomic E-state index is 5.73. The van der Waals surface area contributed by atoms with Crippen LogP contribution >= 0.6 is 0 Å². The lowest BCUT2D eigenvalue weighted by atomic mass is 10.1. The fraction of sp³-hybridized carbons (Fsp3) is 0.417. The number of hydrogen-bond acceptors (Lipinski definition) is 4. The van der Waals surface area contributed by atoms with E-state index < -0.39 is 0 Å². The summed E-state index contributed by atoms with van der Waals surface area (Å²) in [6, 6.07) is 12.9. The molecule has 1 saturated heterocycles. The third kappa shape index (κ3) is 5.98. The van der Waals surface area contributed by atoms with E-state index in [0.717, 1.165) is 44.4 Å². The Labute approximate surface area is 184 Å². The van der Waals surface area contributed by atoms with Crippen LogP contribution in [0.5, 0.6) is 0 Å². The highest BCUT2D eigenvalue weighted by molar-refractivity contribution is 5.79. The zero-order valence-electron chi connectivity index (χ0n) is 18.2. The molecule has 0 aliphatic carbocycles. The van der Waals surface area contributed by atoms with Crippen LogP contribution in [0.3, 0.4) is 0 Å². The molecule has 7 nitrogen and oxygen atoms in total. The monoisotopic (exact) mass is 420 g/mol. The van der Waals surface area contributed by atoms with E-state index in [-0.39, 0.29) is 6.04 Å². The average Bonchev–Trinajstić information content (AvgIpc) is 3.57. The van der Waals surface area contributed by atoms with Gasteiger partial charge in [0.05, 0.1) is 25.2 Å². The zero-order chi connectivity index (χ0) is 21.3. The second kappa shape index (κ2) is 10.8. The molecule has 1 fully saturated rings. The Morgan fingerprint density at radius 1 is 1.13 bits per heavy atom. The van der Waals surface area contributed by atoms with Crippen LogP contribution in [-0.2, 0) is 13.1 Å². The fourth-order valence-electron chi connectivity index (χ4n) is 3.99. The predicted molar refractivity (Wildman–Crippen MR) is 123 cm³/mol. The molecule has 31 heavy (non-hydrogen) atoms. The Kier molecular flexibility index (Phi) is 7.39. The van der Waals surface area contributed by atoms with Gasteiger partial charge in [0.1, 0.15) is 5.76 Å². The van der Waals surface area contributed by atoms with Gasteiger partial charge in [-0.2, -0.15) is 0 Å². The molecule has 4 rings (SSSR count). The van der Waals surface area contributed by atoms with Crippen molar-refractivity contribution in [2.24, 2.45) is 4.99 Å². The molecule has 0 radical (unpaired) electrons. The minimum absolute atomic E-state index is 0.226. The van der Waals surface area contributed by atoms with Gasteiger partial charge in [-0.25, -0.2) is 9.98 Å². The molecule has 1 aromatic carbocycles. The number of imidazole rings is 1. The van der Waals surface area contributed by atoms with Crippen molar-refractivity contribution in [2.45, 2.75) is 38.9 Å². The number of rotatable bonds is 9. The Balaban J connectivity index is 1.36. The van der Waals surface area contributed by atoms with Gasteiger partial charge < -0.3 is 19.6 Å². The van der Waals surface area contributed by atoms with Crippen LogP contribution in [0, 0.1) is 0 Å². The molecule has 1 aliphatic rings. The van der Waals surface area contributed by atoms with Gasteiger partial charge in [-0.1, -0.05) is 24.3 Å². The van der Waals surface area contributed by atoms with E-state index in [1.807, 2.05) is 18.6 Å². The SMILES string of the molecule is CCNC(=NCc1ccc(Cn2ccnc2)cc1)NCC(c1ccco1)N1CCCC1. The first kappa shape index (κ1) is 21.2. The number of hydrogen-bond donors (Lipinski definition) is 2. The molecule has 0 bridgehead atoms. The summed E-state index contributed by atoms with van der Waals surface area (Å²) in [5.41, 5.74) is 2.44. The van der Waals surface area contributed by atoms with Gasteiger partial charge in [0.15, 0.2) is 5.96 Å². The van der Waals surface area contributed by atoms with Crippen molar-refractivity contribution in [1.29, 1.82) is 0 Å². The quantitative estimate of drug-likeness (QED) is 0.410. The predicted octanol–water partition coefficient (Wildman–Crippen LogP) is 3.42. The first-order valence-electron chi connectivity index (χ1n) is 11.1. The van der Waals surface area contributed by atoms with Crippen molar-refractivity contribution < 1.29 is 4.42 Å². The number of furan rings is 1. The largest absolute Gasteiger partial charge is 0.468 e. The highest BCUT2D eigenvalue weighted by Crippen LogP contribution is 2.24. The number of nitrogens with one attached hydrogen (secondary N) is 2. The fourth-order valence-corrected chi connectivity index (χ4v) is 3.99. The van der Waals surface area contributed by atoms with Crippen LogP contribution in [0.2, 0.25) is 0 Å². The third-order valence-corrected chi connectivity index (χ3v) is 5.63. The maximum absolute atomic E-state index is 5.73. The molecule has 2 aromatic heterocycles. The van der Waals surface area contributed by atoms with Crippen LogP contribution in [0.1, 0.15) is 42.7 Å². The number of aliphatic imine (C=N–C) groups is 1. The maximum Gasteiger partial charge on any atom is 0.191 e. The van der Waals surface area contributed by atoms with Crippen LogP contribution < -0.4 is 10.6 Å². The van der Waals surface area contributed by atoms with E-state index in [9.17, 15) is 0 Å². The minimum atomic E-state index is 0.226. The molecule has 1 unspecified atom stereocenters. The van der Waals surface area contributed by atoms with Crippen molar-refractivity contribution in [3.05, 3.63) is 78.3 Å². The number of benzene rings is 1. The van der Waals surface area contributed by atoms with E-state index in [4.69, 9.17) is 9.41 Å². The number of nitrogens with zero attached hydrogens (tertiary/aromatic N) is 4. The van der Waals surface area contributed by atoms with E-state index in [0.29, 0.717) is 6.54 Å². The molecule has 0 amide bonds. The van der Waals surface area contributed by atoms with Crippen molar-refractivity contribution in [3.8, 4) is 0 Å². The Hall–Kier alpha value is -3.06. The molecule has 3 aromatic rings. The first-order valence-corrected chi connectivity index (χ1v) is 11.1. The minimum Gasteiger partial charge on any atom is -0.468 e. The third-order valence-electron chi connectivity index (χ3n) is 5.63. The van der Waals surface area contributed by atoms with Gasteiger partial charge in [-0.15, -0.1) is 0 Å². The average molecular weight is 421 g/mol. The van der Waals surface area contributed by atoms with Gasteiger partial charge in [0, 0.05) is 32.0 Å². The van der Waals surface area contributed by atoms with Gasteiger partial charge in [0.25, 0.3) is 0 Å². The molecule has 3 heterocycles. The lowest BCUT2D eigenvalue weighted by Gasteiger charge is -2.26. The zero-order valence-corrected chi connectivity index (χ0v) is 18.2. The highest BCUT2D eigenvalue weighted by atomic mass is 16.3. The standard InChI is InChI=1S/C24H32N6O/c1-2-26-24(28-17-22(23-6-5-15-31-23)30-12-3-4-13-30)27-16-20-7-9-21(10-8-20)18-29-14-11-25-19-29/h5-11,14-15,19,22H,2-4,12-13,16-18H2,1H3,(H2,26,27,28). The van der Waals surface area contributed by atoms with Crippen molar-refractivity contribution >= 4 is 5.96 Å². The highest BCUT2D eigenvalue weighted by Gasteiger charge is 2.25. The van der Waals surface area contributed by atoms with E-state index >= 15 is 0 Å². The summed E-state index contributed by atoms with van der Waals surface area (Å²) in [7, 11) is 0. The van der Waals surface area contributed by atoms with E-state index in [2.05, 4.69) is 62.3 Å². The van der Waals surface area contributed by atoms with Crippen LogP contribution in [0.4, 0.5) is 0 Å². The molecule has 1 aliphatic heterocycles. The molecule has 2 N–H and O–H groups in total. The molecule has 0 spiro atoms. The number of aromatic nitrogens is 2. The smallest absolute Gasteiger partial charge is 0.191 e. The topological polar surface area (TPSA) is 70.6 Å². The van der Waals surface area contributed by atoms with Crippen molar-refractivity contribution in [2.75, 3.05) is 26.2 Å². The lowest BCUT2D eigenvalue weighted by Crippen LogP contribution is -2.42. The molecule has 0 saturated carbocycles. The first-order chi connectivity index (χ1) is 15.3. The molecule has 7 heteroatoms. The van der Waals surface area contributed by atoms with Crippen molar-refractivity contribution in [1.82, 2.24) is 25.1 Å². The van der Waals surface area contributed by atoms with Crippen LogP contribution in [-0.4, -0.2) is 46.6 Å². The Morgan fingerprint density at radius 2 is 1.94 bits per heavy atom. The van der Waals surface area contributed by atoms with Crippen molar-refractivity contribution in [3.63, 3.8) is 0 Å². The Morgan fingerprint density at radius 3 is 2.61 bits per heavy atom. The summed E-state index contributed by atoms with van der Waals surface area (Å²) in [6.45, 7) is 7.38. The summed E-state index contributed by atoms with van der Waals surface area (Å²) in [5, 5.41) is 6.89. The summed E-state index contributed by atoms with van der Waals surface area (Å²) in [5.74, 6) is 1.85. The van der Waals surface area contributed by atoms with Crippen LogP contribution in [0.25, 0.3) is 0 Å². The lowest BCUT2D eigenvalue weighted by molar-refractivity contribution is 0.215.